The SMILES string of the molecule is NCCCCCC(=O)OOS(=O)(=O)c1ccccc1. The normalized spacial score (nSPS) is 11.2. The lowest BCUT2D eigenvalue weighted by molar-refractivity contribution is -0.211. The van der Waals surface area contributed by atoms with Gasteiger partial charge in [-0.3, -0.25) is 4.89 Å². The molecule has 1 aromatic rings. The first-order chi connectivity index (χ1) is 9.06. The van der Waals surface area contributed by atoms with Crippen LogP contribution in [0, 0.1) is 0 Å². The summed E-state index contributed by atoms with van der Waals surface area (Å²) >= 11 is 0. The van der Waals surface area contributed by atoms with E-state index in [4.69, 9.17) is 5.73 Å². The van der Waals surface area contributed by atoms with Gasteiger partial charge in [-0.05, 0) is 35.9 Å². The van der Waals surface area contributed by atoms with E-state index in [1.807, 2.05) is 0 Å². The summed E-state index contributed by atoms with van der Waals surface area (Å²) in [6.07, 6.45) is 2.29. The van der Waals surface area contributed by atoms with Gasteiger partial charge in [-0.15, -0.1) is 0 Å². The van der Waals surface area contributed by atoms with Crippen LogP contribution in [0.15, 0.2) is 35.2 Å². The van der Waals surface area contributed by atoms with E-state index in [1.54, 1.807) is 18.2 Å². The Balaban J connectivity index is 2.37. The van der Waals surface area contributed by atoms with E-state index >= 15 is 0 Å². The molecule has 0 unspecified atom stereocenters. The van der Waals surface area contributed by atoms with Gasteiger partial charge in [0, 0.05) is 6.42 Å². The zero-order chi connectivity index (χ0) is 14.1. The Morgan fingerprint density at radius 3 is 2.42 bits per heavy atom. The molecular formula is C12H17NO5S. The van der Waals surface area contributed by atoms with Crippen molar-refractivity contribution in [3.8, 4) is 0 Å². The smallest absolute Gasteiger partial charge is 0.330 e. The van der Waals surface area contributed by atoms with Crippen LogP contribution >= 0.6 is 0 Å². The minimum Gasteiger partial charge on any atom is -0.330 e. The average molecular weight is 287 g/mol. The van der Waals surface area contributed by atoms with Gasteiger partial charge in [0.2, 0.25) is 0 Å². The molecule has 7 heteroatoms. The second-order valence-corrected chi connectivity index (χ2v) is 5.41. The molecule has 0 aliphatic heterocycles. The van der Waals surface area contributed by atoms with Crippen LogP contribution in [0.1, 0.15) is 25.7 Å². The molecule has 2 N–H and O–H groups in total. The van der Waals surface area contributed by atoms with Crippen LogP contribution in [0.25, 0.3) is 0 Å². The fourth-order valence-corrected chi connectivity index (χ4v) is 2.08. The summed E-state index contributed by atoms with van der Waals surface area (Å²) in [5, 5.41) is 0. The predicted octanol–water partition coefficient (Wildman–Crippen LogP) is 1.37. The number of unbranched alkanes of at least 4 members (excludes halogenated alkanes) is 2. The first-order valence-corrected chi connectivity index (χ1v) is 7.36. The highest BCUT2D eigenvalue weighted by Gasteiger charge is 2.18. The molecule has 0 saturated heterocycles. The standard InChI is InChI=1S/C12H17NO5S/c13-10-6-2-5-9-12(14)17-18-19(15,16)11-7-3-1-4-8-11/h1,3-4,7-8H,2,5-6,9-10,13H2. The monoisotopic (exact) mass is 287 g/mol. The van der Waals surface area contributed by atoms with Gasteiger partial charge in [0.15, 0.2) is 0 Å². The molecule has 0 heterocycles. The highest BCUT2D eigenvalue weighted by atomic mass is 32.2. The number of nitrogens with two attached hydrogens (primary N) is 1. The van der Waals surface area contributed by atoms with Crippen molar-refractivity contribution >= 4 is 16.1 Å². The molecule has 0 spiro atoms. The van der Waals surface area contributed by atoms with Crippen LogP contribution < -0.4 is 5.73 Å². The third-order valence-electron chi connectivity index (χ3n) is 2.33. The highest BCUT2D eigenvalue weighted by Crippen LogP contribution is 2.12. The Morgan fingerprint density at radius 2 is 1.79 bits per heavy atom. The van der Waals surface area contributed by atoms with E-state index < -0.39 is 16.1 Å². The van der Waals surface area contributed by atoms with Crippen molar-refractivity contribution < 1.29 is 22.4 Å². The van der Waals surface area contributed by atoms with Crippen molar-refractivity contribution in [2.45, 2.75) is 30.6 Å². The van der Waals surface area contributed by atoms with Crippen LogP contribution in [-0.2, 0) is 24.1 Å². The lowest BCUT2D eigenvalue weighted by Crippen LogP contribution is -2.12. The van der Waals surface area contributed by atoms with Crippen molar-refractivity contribution in [1.29, 1.82) is 0 Å². The van der Waals surface area contributed by atoms with Gasteiger partial charge in [0.1, 0.15) is 0 Å². The lowest BCUT2D eigenvalue weighted by Gasteiger charge is -2.04. The van der Waals surface area contributed by atoms with E-state index in [2.05, 4.69) is 9.22 Å². The quantitative estimate of drug-likeness (QED) is 0.441. The maximum Gasteiger partial charge on any atom is 0.343 e. The molecule has 0 radical (unpaired) electrons. The number of rotatable bonds is 8. The number of carbonyl (C=O) groups excluding carboxylic acids is 1. The molecule has 1 aromatic carbocycles. The molecule has 0 saturated carbocycles. The van der Waals surface area contributed by atoms with E-state index in [0.717, 1.165) is 12.8 Å². The number of hydrogen-bond donors (Lipinski definition) is 1. The fourth-order valence-electron chi connectivity index (χ4n) is 1.34. The van der Waals surface area contributed by atoms with Gasteiger partial charge in [-0.1, -0.05) is 24.6 Å². The van der Waals surface area contributed by atoms with Crippen LogP contribution in [0.3, 0.4) is 0 Å². The second kappa shape index (κ2) is 7.88. The van der Waals surface area contributed by atoms with E-state index in [1.165, 1.54) is 12.1 Å². The molecule has 0 bridgehead atoms. The van der Waals surface area contributed by atoms with Crippen molar-refractivity contribution in [1.82, 2.24) is 0 Å². The largest absolute Gasteiger partial charge is 0.343 e. The van der Waals surface area contributed by atoms with Gasteiger partial charge in [0.25, 0.3) is 0 Å². The van der Waals surface area contributed by atoms with E-state index in [0.29, 0.717) is 13.0 Å². The first-order valence-electron chi connectivity index (χ1n) is 5.95. The first kappa shape index (κ1) is 15.6. The van der Waals surface area contributed by atoms with E-state index in [9.17, 15) is 13.2 Å². The lowest BCUT2D eigenvalue weighted by atomic mass is 10.2. The van der Waals surface area contributed by atoms with Gasteiger partial charge < -0.3 is 5.73 Å². The Labute approximate surface area is 112 Å². The summed E-state index contributed by atoms with van der Waals surface area (Å²) in [5.41, 5.74) is 5.31. The summed E-state index contributed by atoms with van der Waals surface area (Å²) < 4.78 is 27.4. The molecule has 6 nitrogen and oxygen atoms in total. The molecule has 0 aliphatic rings. The second-order valence-electron chi connectivity index (χ2n) is 3.89. The van der Waals surface area contributed by atoms with Gasteiger partial charge in [-0.2, -0.15) is 8.42 Å². The third-order valence-corrected chi connectivity index (χ3v) is 3.43. The maximum absolute atomic E-state index is 11.6. The minimum atomic E-state index is -4.05. The third kappa shape index (κ3) is 5.82. The van der Waals surface area contributed by atoms with Gasteiger partial charge in [-0.25, -0.2) is 4.79 Å². The summed E-state index contributed by atoms with van der Waals surface area (Å²) in [6.45, 7) is 0.563. The molecule has 1 rings (SSSR count). The van der Waals surface area contributed by atoms with Gasteiger partial charge in [0.05, 0.1) is 4.90 Å². The average Bonchev–Trinajstić information content (AvgIpc) is 2.42. The molecule has 0 aliphatic carbocycles. The molecule has 0 fully saturated rings. The van der Waals surface area contributed by atoms with Crippen molar-refractivity contribution in [2.24, 2.45) is 5.73 Å². The minimum absolute atomic E-state index is 0.0640. The van der Waals surface area contributed by atoms with Crippen molar-refractivity contribution in [2.75, 3.05) is 6.54 Å². The summed E-state index contributed by atoms with van der Waals surface area (Å²) in [6, 6.07) is 7.47. The molecule has 0 amide bonds. The van der Waals surface area contributed by atoms with Crippen LogP contribution in [0.5, 0.6) is 0 Å². The maximum atomic E-state index is 11.6. The van der Waals surface area contributed by atoms with Gasteiger partial charge >= 0.3 is 16.1 Å². The van der Waals surface area contributed by atoms with Crippen molar-refractivity contribution in [3.05, 3.63) is 30.3 Å². The predicted molar refractivity (Wildman–Crippen MR) is 68.3 cm³/mol. The van der Waals surface area contributed by atoms with E-state index in [-0.39, 0.29) is 11.3 Å². The van der Waals surface area contributed by atoms with Crippen LogP contribution in [0.4, 0.5) is 0 Å². The number of benzene rings is 1. The van der Waals surface area contributed by atoms with Crippen LogP contribution in [-0.4, -0.2) is 20.9 Å². The topological polar surface area (TPSA) is 95.7 Å². The highest BCUT2D eigenvalue weighted by molar-refractivity contribution is 7.86. The Morgan fingerprint density at radius 1 is 1.11 bits per heavy atom. The molecule has 19 heavy (non-hydrogen) atoms. The molecule has 106 valence electrons. The summed E-state index contributed by atoms with van der Waals surface area (Å²) in [4.78, 5) is 15.5. The zero-order valence-corrected chi connectivity index (χ0v) is 11.3. The van der Waals surface area contributed by atoms with Crippen LogP contribution in [0.2, 0.25) is 0 Å². The molecule has 0 atom stereocenters. The fraction of sp³-hybridized carbons (Fsp3) is 0.417. The molecular weight excluding hydrogens is 270 g/mol. The summed E-state index contributed by atoms with van der Waals surface area (Å²) in [7, 11) is -4.05. The number of carbonyl (C=O) groups is 1. The summed E-state index contributed by atoms with van der Waals surface area (Å²) in [5.74, 6) is -0.712. The zero-order valence-electron chi connectivity index (χ0n) is 10.4. The van der Waals surface area contributed by atoms with Crippen molar-refractivity contribution in [3.63, 3.8) is 0 Å². The Hall–Kier alpha value is -1.44. The number of hydrogen-bond acceptors (Lipinski definition) is 6. The Bertz CT molecular complexity index is 486. The molecule has 0 aromatic heterocycles. The Kier molecular flexibility index (Phi) is 6.48.